The summed E-state index contributed by atoms with van der Waals surface area (Å²) in [5.41, 5.74) is 3.30. The van der Waals surface area contributed by atoms with E-state index >= 15 is 0 Å². The highest BCUT2D eigenvalue weighted by molar-refractivity contribution is 5.72. The number of pyridine rings is 1. The molecule has 1 atom stereocenters. The number of nitrogens with zero attached hydrogens (tertiary/aromatic N) is 1. The molecule has 32 heavy (non-hydrogen) atoms. The maximum absolute atomic E-state index is 12.0. The lowest BCUT2D eigenvalue weighted by molar-refractivity contribution is -0.134. The summed E-state index contributed by atoms with van der Waals surface area (Å²) in [6.07, 6.45) is 17.8. The quantitative estimate of drug-likeness (QED) is 0.150. The van der Waals surface area contributed by atoms with E-state index in [2.05, 4.69) is 37.9 Å². The van der Waals surface area contributed by atoms with E-state index in [9.17, 15) is 4.79 Å². The second kappa shape index (κ2) is 15.6. The van der Waals surface area contributed by atoms with Crippen LogP contribution in [0.25, 0.3) is 11.3 Å². The van der Waals surface area contributed by atoms with Gasteiger partial charge in [-0.15, -0.1) is 0 Å². The average Bonchev–Trinajstić information content (AvgIpc) is 2.82. The Morgan fingerprint density at radius 1 is 0.875 bits per heavy atom. The summed E-state index contributed by atoms with van der Waals surface area (Å²) >= 11 is 0. The number of esters is 1. The van der Waals surface area contributed by atoms with Crippen LogP contribution in [-0.2, 0) is 11.2 Å². The molecule has 1 aromatic heterocycles. The van der Waals surface area contributed by atoms with Crippen molar-refractivity contribution in [1.29, 1.82) is 0 Å². The molecule has 0 amide bonds. The van der Waals surface area contributed by atoms with Gasteiger partial charge in [-0.05, 0) is 61.1 Å². The molecule has 3 heteroatoms. The maximum atomic E-state index is 12.0. The summed E-state index contributed by atoms with van der Waals surface area (Å²) < 4.78 is 5.46. The van der Waals surface area contributed by atoms with Gasteiger partial charge in [0.1, 0.15) is 5.75 Å². The molecule has 1 unspecified atom stereocenters. The van der Waals surface area contributed by atoms with E-state index in [0.717, 1.165) is 30.5 Å². The average molecular weight is 438 g/mol. The van der Waals surface area contributed by atoms with Crippen LogP contribution < -0.4 is 4.74 Å². The first-order valence-electron chi connectivity index (χ1n) is 12.9. The van der Waals surface area contributed by atoms with E-state index in [0.29, 0.717) is 18.1 Å². The Hall–Kier alpha value is -2.16. The van der Waals surface area contributed by atoms with Crippen LogP contribution in [0.1, 0.15) is 103 Å². The number of benzene rings is 1. The molecule has 2 rings (SSSR count). The molecule has 0 bridgehead atoms. The first-order chi connectivity index (χ1) is 15.6. The van der Waals surface area contributed by atoms with Crippen LogP contribution in [0.3, 0.4) is 0 Å². The lowest BCUT2D eigenvalue weighted by Crippen LogP contribution is -2.09. The maximum Gasteiger partial charge on any atom is 0.311 e. The highest BCUT2D eigenvalue weighted by Crippen LogP contribution is 2.22. The van der Waals surface area contributed by atoms with Crippen molar-refractivity contribution in [3.63, 3.8) is 0 Å². The minimum Gasteiger partial charge on any atom is -0.427 e. The van der Waals surface area contributed by atoms with Crippen molar-refractivity contribution >= 4 is 5.97 Å². The number of hydrogen-bond acceptors (Lipinski definition) is 3. The normalized spacial score (nSPS) is 12.0. The second-order valence-corrected chi connectivity index (χ2v) is 9.18. The van der Waals surface area contributed by atoms with E-state index < -0.39 is 0 Å². The fraction of sp³-hybridized carbons (Fsp3) is 0.586. The van der Waals surface area contributed by atoms with Gasteiger partial charge >= 0.3 is 5.97 Å². The Morgan fingerprint density at radius 2 is 1.53 bits per heavy atom. The molecule has 0 radical (unpaired) electrons. The molecule has 0 fully saturated rings. The summed E-state index contributed by atoms with van der Waals surface area (Å²) in [6.45, 7) is 6.58. The van der Waals surface area contributed by atoms with Crippen LogP contribution in [0.4, 0.5) is 0 Å². The number of carbonyl (C=O) groups excluding carboxylic acids is 1. The zero-order chi connectivity index (χ0) is 23.0. The van der Waals surface area contributed by atoms with Gasteiger partial charge in [0.2, 0.25) is 0 Å². The minimum atomic E-state index is -0.156. The molecule has 176 valence electrons. The van der Waals surface area contributed by atoms with Crippen molar-refractivity contribution in [3.8, 4) is 17.0 Å². The highest BCUT2D eigenvalue weighted by atomic mass is 16.5. The SMILES string of the molecule is CCCCCCCCCCCc1ccc(-c2ccc(OC(=O)CCC(C)CC)cc2)nc1. The molecule has 0 saturated carbocycles. The van der Waals surface area contributed by atoms with Crippen LogP contribution in [0.2, 0.25) is 0 Å². The van der Waals surface area contributed by atoms with Crippen molar-refractivity contribution in [3.05, 3.63) is 48.2 Å². The Kier molecular flexibility index (Phi) is 12.7. The van der Waals surface area contributed by atoms with Crippen molar-refractivity contribution in [2.75, 3.05) is 0 Å². The summed E-state index contributed by atoms with van der Waals surface area (Å²) in [7, 11) is 0. The molecular weight excluding hydrogens is 394 g/mol. The van der Waals surface area contributed by atoms with Gasteiger partial charge < -0.3 is 4.74 Å². The number of aromatic nitrogens is 1. The molecule has 1 heterocycles. The van der Waals surface area contributed by atoms with Gasteiger partial charge in [0, 0.05) is 18.2 Å². The monoisotopic (exact) mass is 437 g/mol. The molecule has 0 aliphatic carbocycles. The standard InChI is InChI=1S/C29H43NO2/c1-4-6-7-8-9-10-11-12-13-14-25-16-21-28(30-23-25)26-17-19-27(20-18-26)32-29(31)22-15-24(3)5-2/h16-21,23-24H,4-15,22H2,1-3H3. The molecule has 0 N–H and O–H groups in total. The van der Waals surface area contributed by atoms with Crippen molar-refractivity contribution < 1.29 is 9.53 Å². The van der Waals surface area contributed by atoms with Crippen molar-refractivity contribution in [1.82, 2.24) is 4.98 Å². The summed E-state index contributed by atoms with van der Waals surface area (Å²) in [4.78, 5) is 16.6. The molecule has 0 aliphatic rings. The molecular formula is C29H43NO2. The largest absolute Gasteiger partial charge is 0.427 e. The van der Waals surface area contributed by atoms with E-state index in [1.54, 1.807) is 0 Å². The fourth-order valence-electron chi connectivity index (χ4n) is 3.83. The van der Waals surface area contributed by atoms with Gasteiger partial charge in [-0.1, -0.05) is 84.6 Å². The number of unbranched alkanes of at least 4 members (excludes halogenated alkanes) is 8. The van der Waals surface area contributed by atoms with E-state index in [4.69, 9.17) is 4.74 Å². The third-order valence-corrected chi connectivity index (χ3v) is 6.31. The number of rotatable bonds is 16. The lowest BCUT2D eigenvalue weighted by atomic mass is 10.0. The number of hydrogen-bond donors (Lipinski definition) is 0. The zero-order valence-corrected chi connectivity index (χ0v) is 20.6. The van der Waals surface area contributed by atoms with Gasteiger partial charge in [0.05, 0.1) is 5.69 Å². The van der Waals surface area contributed by atoms with Gasteiger partial charge in [0.25, 0.3) is 0 Å². The predicted molar refractivity (Wildman–Crippen MR) is 135 cm³/mol. The van der Waals surface area contributed by atoms with Crippen molar-refractivity contribution in [2.24, 2.45) is 5.92 Å². The zero-order valence-electron chi connectivity index (χ0n) is 20.6. The third-order valence-electron chi connectivity index (χ3n) is 6.31. The second-order valence-electron chi connectivity index (χ2n) is 9.18. The first kappa shape index (κ1) is 26.1. The molecule has 0 spiro atoms. The van der Waals surface area contributed by atoms with Gasteiger partial charge in [-0.3, -0.25) is 9.78 Å². The van der Waals surface area contributed by atoms with E-state index in [1.807, 2.05) is 30.5 Å². The Morgan fingerprint density at radius 3 is 2.12 bits per heavy atom. The van der Waals surface area contributed by atoms with E-state index in [1.165, 1.54) is 63.4 Å². The van der Waals surface area contributed by atoms with E-state index in [-0.39, 0.29) is 5.97 Å². The van der Waals surface area contributed by atoms with Crippen LogP contribution in [-0.4, -0.2) is 11.0 Å². The number of aryl methyl sites for hydroxylation is 1. The number of ether oxygens (including phenoxy) is 1. The van der Waals surface area contributed by atoms with Crippen molar-refractivity contribution in [2.45, 2.75) is 104 Å². The van der Waals surface area contributed by atoms with Crippen LogP contribution >= 0.6 is 0 Å². The highest BCUT2D eigenvalue weighted by Gasteiger charge is 2.08. The van der Waals surface area contributed by atoms with Gasteiger partial charge in [0.15, 0.2) is 0 Å². The molecule has 2 aromatic rings. The molecule has 3 nitrogen and oxygen atoms in total. The Labute approximate surface area is 196 Å². The molecule has 0 saturated heterocycles. The number of carbonyl (C=O) groups is 1. The third kappa shape index (κ3) is 10.4. The Balaban J connectivity index is 1.69. The van der Waals surface area contributed by atoms with Crippen LogP contribution in [0.15, 0.2) is 42.6 Å². The lowest BCUT2D eigenvalue weighted by Gasteiger charge is -2.09. The predicted octanol–water partition coefficient (Wildman–Crippen LogP) is 8.55. The molecule has 0 aliphatic heterocycles. The van der Waals surface area contributed by atoms with Crippen LogP contribution in [0.5, 0.6) is 5.75 Å². The van der Waals surface area contributed by atoms with Gasteiger partial charge in [-0.2, -0.15) is 0 Å². The smallest absolute Gasteiger partial charge is 0.311 e. The minimum absolute atomic E-state index is 0.156. The Bertz CT molecular complexity index is 752. The summed E-state index contributed by atoms with van der Waals surface area (Å²) in [5, 5.41) is 0. The summed E-state index contributed by atoms with van der Waals surface area (Å²) in [6, 6.07) is 11.9. The van der Waals surface area contributed by atoms with Crippen LogP contribution in [0, 0.1) is 5.92 Å². The summed E-state index contributed by atoms with van der Waals surface area (Å²) in [5.74, 6) is 1.00. The fourth-order valence-corrected chi connectivity index (χ4v) is 3.83. The topological polar surface area (TPSA) is 39.2 Å². The van der Waals surface area contributed by atoms with Gasteiger partial charge in [-0.25, -0.2) is 0 Å². The molecule has 1 aromatic carbocycles. The first-order valence-corrected chi connectivity index (χ1v) is 12.9.